The van der Waals surface area contributed by atoms with Gasteiger partial charge in [-0.05, 0) is 49.1 Å². The molecule has 1 saturated heterocycles. The summed E-state index contributed by atoms with van der Waals surface area (Å²) in [6.45, 7) is 3.11. The number of piperidine rings is 1. The van der Waals surface area contributed by atoms with Gasteiger partial charge in [0.2, 0.25) is 0 Å². The van der Waals surface area contributed by atoms with Crippen molar-refractivity contribution in [2.45, 2.75) is 32.2 Å². The number of nitrogens with zero attached hydrogens (tertiary/aromatic N) is 1. The fourth-order valence-corrected chi connectivity index (χ4v) is 2.95. The van der Waals surface area contributed by atoms with Crippen LogP contribution in [0.5, 0.6) is 5.75 Å². The van der Waals surface area contributed by atoms with Crippen LogP contribution in [0.1, 0.15) is 26.2 Å². The fraction of sp³-hybridized carbons (Fsp3) is 0.389. The fourth-order valence-electron chi connectivity index (χ4n) is 2.95. The van der Waals surface area contributed by atoms with Gasteiger partial charge in [-0.1, -0.05) is 30.3 Å². The van der Waals surface area contributed by atoms with Gasteiger partial charge in [0.1, 0.15) is 5.75 Å². The number of fused-ring (bicyclic) bond motifs is 1. The quantitative estimate of drug-likeness (QED) is 0.861. The smallest absolute Gasteiger partial charge is 0.260 e. The van der Waals surface area contributed by atoms with E-state index in [9.17, 15) is 4.79 Å². The summed E-state index contributed by atoms with van der Waals surface area (Å²) in [7, 11) is 0. The van der Waals surface area contributed by atoms with Gasteiger partial charge in [0.15, 0.2) is 6.61 Å². The standard InChI is InChI=1S/C18H21NO2/c1-14-6-4-5-11-19(14)18(20)13-21-17-10-9-15-7-2-3-8-16(15)12-17/h2-3,7-10,12,14H,4-6,11,13H2,1H3. The van der Waals surface area contributed by atoms with E-state index < -0.39 is 0 Å². The highest BCUT2D eigenvalue weighted by atomic mass is 16.5. The third-order valence-corrected chi connectivity index (χ3v) is 4.21. The summed E-state index contributed by atoms with van der Waals surface area (Å²) in [5, 5.41) is 2.31. The van der Waals surface area contributed by atoms with E-state index in [4.69, 9.17) is 4.74 Å². The monoisotopic (exact) mass is 283 g/mol. The third-order valence-electron chi connectivity index (χ3n) is 4.21. The molecule has 0 N–H and O–H groups in total. The van der Waals surface area contributed by atoms with Crippen molar-refractivity contribution >= 4 is 16.7 Å². The Kier molecular flexibility index (Phi) is 4.09. The van der Waals surface area contributed by atoms with Crippen LogP contribution >= 0.6 is 0 Å². The molecule has 1 aliphatic rings. The number of carbonyl (C=O) groups excluding carboxylic acids is 1. The third kappa shape index (κ3) is 3.18. The average Bonchev–Trinajstić information content (AvgIpc) is 2.53. The minimum atomic E-state index is 0.0929. The molecule has 3 heteroatoms. The number of rotatable bonds is 3. The lowest BCUT2D eigenvalue weighted by Crippen LogP contribution is -2.44. The van der Waals surface area contributed by atoms with E-state index in [2.05, 4.69) is 19.1 Å². The van der Waals surface area contributed by atoms with Crippen molar-refractivity contribution in [3.05, 3.63) is 42.5 Å². The van der Waals surface area contributed by atoms with Crippen LogP contribution in [0.15, 0.2) is 42.5 Å². The normalized spacial score (nSPS) is 18.7. The zero-order valence-corrected chi connectivity index (χ0v) is 12.4. The van der Waals surface area contributed by atoms with Crippen molar-refractivity contribution in [2.24, 2.45) is 0 Å². The molecule has 1 atom stereocenters. The highest BCUT2D eigenvalue weighted by Crippen LogP contribution is 2.21. The Bertz CT molecular complexity index is 638. The Labute approximate surface area is 125 Å². The van der Waals surface area contributed by atoms with E-state index in [1.54, 1.807) is 0 Å². The van der Waals surface area contributed by atoms with Crippen LogP contribution in [0, 0.1) is 0 Å². The molecule has 1 fully saturated rings. The predicted molar refractivity (Wildman–Crippen MR) is 84.5 cm³/mol. The predicted octanol–water partition coefficient (Wildman–Crippen LogP) is 3.62. The molecular formula is C18H21NO2. The summed E-state index contributed by atoms with van der Waals surface area (Å²) in [6, 6.07) is 14.4. The summed E-state index contributed by atoms with van der Waals surface area (Å²) in [5.74, 6) is 0.849. The molecule has 3 rings (SSSR count). The molecule has 2 aromatic carbocycles. The van der Waals surface area contributed by atoms with Crippen molar-refractivity contribution in [1.82, 2.24) is 4.90 Å². The van der Waals surface area contributed by atoms with Gasteiger partial charge >= 0.3 is 0 Å². The maximum atomic E-state index is 12.2. The first-order valence-corrected chi connectivity index (χ1v) is 7.65. The molecule has 3 nitrogen and oxygen atoms in total. The largest absolute Gasteiger partial charge is 0.484 e. The number of hydrogen-bond acceptors (Lipinski definition) is 2. The molecule has 1 heterocycles. The van der Waals surface area contributed by atoms with E-state index in [0.717, 1.165) is 30.5 Å². The molecule has 0 aromatic heterocycles. The summed E-state index contributed by atoms with van der Waals surface area (Å²) in [5.41, 5.74) is 0. The molecule has 110 valence electrons. The van der Waals surface area contributed by atoms with Gasteiger partial charge in [-0.15, -0.1) is 0 Å². The second-order valence-corrected chi connectivity index (χ2v) is 5.73. The summed E-state index contributed by atoms with van der Waals surface area (Å²) in [4.78, 5) is 14.2. The van der Waals surface area contributed by atoms with Gasteiger partial charge in [-0.3, -0.25) is 4.79 Å². The van der Waals surface area contributed by atoms with E-state index in [1.807, 2.05) is 35.2 Å². The van der Waals surface area contributed by atoms with Crippen LogP contribution < -0.4 is 4.74 Å². The lowest BCUT2D eigenvalue weighted by Gasteiger charge is -2.33. The highest BCUT2D eigenvalue weighted by Gasteiger charge is 2.23. The van der Waals surface area contributed by atoms with Crippen molar-refractivity contribution in [3.63, 3.8) is 0 Å². The van der Waals surface area contributed by atoms with Crippen LogP contribution in [0.4, 0.5) is 0 Å². The van der Waals surface area contributed by atoms with Crippen molar-refractivity contribution < 1.29 is 9.53 Å². The molecule has 0 aliphatic carbocycles. The SMILES string of the molecule is CC1CCCCN1C(=O)COc1ccc2ccccc2c1. The van der Waals surface area contributed by atoms with Gasteiger partial charge in [-0.2, -0.15) is 0 Å². The van der Waals surface area contributed by atoms with Crippen LogP contribution in [-0.4, -0.2) is 30.0 Å². The van der Waals surface area contributed by atoms with Crippen LogP contribution in [-0.2, 0) is 4.79 Å². The maximum absolute atomic E-state index is 12.2. The number of likely N-dealkylation sites (tertiary alicyclic amines) is 1. The Hall–Kier alpha value is -2.03. The first kappa shape index (κ1) is 13.9. The van der Waals surface area contributed by atoms with Crippen LogP contribution in [0.2, 0.25) is 0 Å². The summed E-state index contributed by atoms with van der Waals surface area (Å²) < 4.78 is 5.69. The maximum Gasteiger partial charge on any atom is 0.260 e. The van der Waals surface area contributed by atoms with Crippen LogP contribution in [0.3, 0.4) is 0 Å². The highest BCUT2D eigenvalue weighted by molar-refractivity contribution is 5.84. The molecule has 0 bridgehead atoms. The second-order valence-electron chi connectivity index (χ2n) is 5.73. The molecule has 1 unspecified atom stereocenters. The zero-order chi connectivity index (χ0) is 14.7. The van der Waals surface area contributed by atoms with E-state index in [1.165, 1.54) is 11.8 Å². The Morgan fingerprint density at radius 1 is 1.19 bits per heavy atom. The van der Waals surface area contributed by atoms with Gasteiger partial charge in [-0.25, -0.2) is 0 Å². The minimum absolute atomic E-state index is 0.0929. The van der Waals surface area contributed by atoms with Crippen molar-refractivity contribution in [2.75, 3.05) is 13.2 Å². The van der Waals surface area contributed by atoms with Crippen molar-refractivity contribution in [1.29, 1.82) is 0 Å². The van der Waals surface area contributed by atoms with Gasteiger partial charge < -0.3 is 9.64 Å². The van der Waals surface area contributed by atoms with E-state index in [-0.39, 0.29) is 12.5 Å². The molecule has 1 aliphatic heterocycles. The lowest BCUT2D eigenvalue weighted by molar-refractivity contribution is -0.136. The number of amides is 1. The Morgan fingerprint density at radius 2 is 2.00 bits per heavy atom. The number of benzene rings is 2. The van der Waals surface area contributed by atoms with Gasteiger partial charge in [0, 0.05) is 12.6 Å². The zero-order valence-electron chi connectivity index (χ0n) is 12.4. The molecule has 21 heavy (non-hydrogen) atoms. The first-order chi connectivity index (χ1) is 10.2. The molecule has 2 aromatic rings. The van der Waals surface area contributed by atoms with Gasteiger partial charge in [0.25, 0.3) is 5.91 Å². The van der Waals surface area contributed by atoms with E-state index in [0.29, 0.717) is 6.04 Å². The number of carbonyl (C=O) groups is 1. The number of ether oxygens (including phenoxy) is 1. The summed E-state index contributed by atoms with van der Waals surface area (Å²) >= 11 is 0. The first-order valence-electron chi connectivity index (χ1n) is 7.65. The summed E-state index contributed by atoms with van der Waals surface area (Å²) in [6.07, 6.45) is 3.42. The van der Waals surface area contributed by atoms with E-state index >= 15 is 0 Å². The Morgan fingerprint density at radius 3 is 2.81 bits per heavy atom. The van der Waals surface area contributed by atoms with Gasteiger partial charge in [0.05, 0.1) is 0 Å². The molecular weight excluding hydrogens is 262 g/mol. The average molecular weight is 283 g/mol. The van der Waals surface area contributed by atoms with Crippen molar-refractivity contribution in [3.8, 4) is 5.75 Å². The lowest BCUT2D eigenvalue weighted by atomic mass is 10.0. The number of hydrogen-bond donors (Lipinski definition) is 0. The van der Waals surface area contributed by atoms with Crippen LogP contribution in [0.25, 0.3) is 10.8 Å². The minimum Gasteiger partial charge on any atom is -0.484 e. The second kappa shape index (κ2) is 6.17. The topological polar surface area (TPSA) is 29.5 Å². The molecule has 0 spiro atoms. The Balaban J connectivity index is 1.64. The molecule has 1 amide bonds. The molecule has 0 radical (unpaired) electrons. The molecule has 0 saturated carbocycles.